The molecule has 0 unspecified atom stereocenters. The van der Waals surface area contributed by atoms with Crippen molar-refractivity contribution in [3.05, 3.63) is 12.2 Å². The van der Waals surface area contributed by atoms with Crippen LogP contribution in [0.1, 0.15) is 25.7 Å². The van der Waals surface area contributed by atoms with Crippen LogP contribution in [-0.2, 0) is 9.53 Å². The van der Waals surface area contributed by atoms with E-state index in [1.807, 2.05) is 30.0 Å². The first-order valence-corrected chi connectivity index (χ1v) is 9.07. The number of ether oxygens (including phenoxy) is 1. The minimum absolute atomic E-state index is 0.0541. The van der Waals surface area contributed by atoms with E-state index >= 15 is 0 Å². The van der Waals surface area contributed by atoms with Crippen molar-refractivity contribution in [3.8, 4) is 0 Å². The average molecular weight is 339 g/mol. The van der Waals surface area contributed by atoms with E-state index in [0.29, 0.717) is 25.6 Å². The molecule has 1 amide bonds. The van der Waals surface area contributed by atoms with E-state index in [2.05, 4.69) is 11.9 Å². The summed E-state index contributed by atoms with van der Waals surface area (Å²) < 4.78 is 5.44. The molecule has 0 aromatic carbocycles. The summed E-state index contributed by atoms with van der Waals surface area (Å²) in [6.07, 6.45) is 6.70. The van der Waals surface area contributed by atoms with Crippen LogP contribution >= 0.6 is 0 Å². The second-order valence-electron chi connectivity index (χ2n) is 7.21. The average Bonchev–Trinajstić information content (AvgIpc) is 2.76. The van der Waals surface area contributed by atoms with Gasteiger partial charge >= 0.3 is 0 Å². The second-order valence-corrected chi connectivity index (χ2v) is 7.21. The lowest BCUT2D eigenvalue weighted by Gasteiger charge is -2.38. The number of aliphatic hydroxyl groups excluding tert-OH is 1. The van der Waals surface area contributed by atoms with E-state index in [9.17, 15) is 9.90 Å². The van der Waals surface area contributed by atoms with Crippen LogP contribution in [0.4, 0.5) is 0 Å². The third kappa shape index (κ3) is 5.55. The number of carbonyl (C=O) groups is 1. The van der Waals surface area contributed by atoms with Gasteiger partial charge in [-0.25, -0.2) is 0 Å². The maximum absolute atomic E-state index is 12.3. The van der Waals surface area contributed by atoms with Crippen LogP contribution in [-0.4, -0.2) is 97.9 Å². The minimum atomic E-state index is -0.374. The molecule has 0 radical (unpaired) electrons. The number of likely N-dealkylation sites (tertiary alicyclic amines) is 1. The smallest absolute Gasteiger partial charge is 0.246 e. The molecular weight excluding hydrogens is 306 g/mol. The van der Waals surface area contributed by atoms with Crippen LogP contribution in [0.15, 0.2) is 12.2 Å². The monoisotopic (exact) mass is 339 g/mol. The fraction of sp³-hybridized carbons (Fsp3) is 0.833. The standard InChI is InChI=1S/C18H33N3O3/c1-19(2)10-4-5-18(23)21-11-6-16(17(22)7-12-21)20(3)15-8-13-24-14-9-15/h4-5,15-17,22H,6-14H2,1-3H3/b5-4+/t16-,17-/m0/s1. The van der Waals surface area contributed by atoms with Gasteiger partial charge in [0.15, 0.2) is 0 Å². The van der Waals surface area contributed by atoms with Gasteiger partial charge < -0.3 is 19.6 Å². The maximum Gasteiger partial charge on any atom is 0.246 e. The van der Waals surface area contributed by atoms with Gasteiger partial charge in [0.2, 0.25) is 5.91 Å². The Balaban J connectivity index is 1.89. The van der Waals surface area contributed by atoms with Crippen molar-refractivity contribution in [2.75, 3.05) is 54.0 Å². The topological polar surface area (TPSA) is 56.2 Å². The molecule has 0 aromatic heterocycles. The van der Waals surface area contributed by atoms with Gasteiger partial charge in [-0.2, -0.15) is 0 Å². The van der Waals surface area contributed by atoms with Crippen LogP contribution in [0.25, 0.3) is 0 Å². The Hall–Kier alpha value is -0.950. The maximum atomic E-state index is 12.3. The van der Waals surface area contributed by atoms with Crippen molar-refractivity contribution in [1.29, 1.82) is 0 Å². The summed E-state index contributed by atoms with van der Waals surface area (Å²) in [6.45, 7) is 3.71. The predicted octanol–water partition coefficient (Wildman–Crippen LogP) is 0.567. The van der Waals surface area contributed by atoms with E-state index in [-0.39, 0.29) is 18.1 Å². The molecule has 0 aromatic rings. The number of hydrogen-bond donors (Lipinski definition) is 1. The molecule has 2 aliphatic heterocycles. The van der Waals surface area contributed by atoms with Crippen molar-refractivity contribution in [2.45, 2.75) is 43.9 Å². The largest absolute Gasteiger partial charge is 0.391 e. The molecule has 2 aliphatic rings. The first kappa shape index (κ1) is 19.4. The molecule has 2 saturated heterocycles. The molecular formula is C18H33N3O3. The van der Waals surface area contributed by atoms with E-state index < -0.39 is 0 Å². The van der Waals surface area contributed by atoms with Crippen LogP contribution in [0, 0.1) is 0 Å². The third-order valence-corrected chi connectivity index (χ3v) is 5.17. The van der Waals surface area contributed by atoms with Gasteiger partial charge in [0.05, 0.1) is 6.10 Å². The summed E-state index contributed by atoms with van der Waals surface area (Å²) in [6, 6.07) is 0.595. The zero-order valence-electron chi connectivity index (χ0n) is 15.4. The molecule has 2 rings (SSSR count). The molecule has 2 fully saturated rings. The summed E-state index contributed by atoms with van der Waals surface area (Å²) in [5.41, 5.74) is 0. The fourth-order valence-electron chi connectivity index (χ4n) is 3.60. The Labute approximate surface area is 146 Å². The highest BCUT2D eigenvalue weighted by atomic mass is 16.5. The van der Waals surface area contributed by atoms with Crippen LogP contribution in [0.2, 0.25) is 0 Å². The van der Waals surface area contributed by atoms with Crippen molar-refractivity contribution < 1.29 is 14.6 Å². The fourth-order valence-corrected chi connectivity index (χ4v) is 3.60. The predicted molar refractivity (Wildman–Crippen MR) is 94.9 cm³/mol. The zero-order valence-corrected chi connectivity index (χ0v) is 15.4. The molecule has 24 heavy (non-hydrogen) atoms. The van der Waals surface area contributed by atoms with Crippen LogP contribution in [0.3, 0.4) is 0 Å². The number of aliphatic hydroxyl groups is 1. The minimum Gasteiger partial charge on any atom is -0.391 e. The molecule has 2 atom stereocenters. The zero-order chi connectivity index (χ0) is 17.5. The van der Waals surface area contributed by atoms with Gasteiger partial charge in [-0.05, 0) is 46.8 Å². The number of rotatable bonds is 5. The second kappa shape index (κ2) is 9.51. The van der Waals surface area contributed by atoms with E-state index in [1.165, 1.54) is 0 Å². The summed E-state index contributed by atoms with van der Waals surface area (Å²) in [5.74, 6) is 0.0541. The van der Waals surface area contributed by atoms with Gasteiger partial charge in [-0.15, -0.1) is 0 Å². The van der Waals surface area contributed by atoms with Crippen LogP contribution in [0.5, 0.6) is 0 Å². The normalized spacial score (nSPS) is 27.2. The molecule has 0 spiro atoms. The third-order valence-electron chi connectivity index (χ3n) is 5.17. The molecule has 0 saturated carbocycles. The number of hydrogen-bond acceptors (Lipinski definition) is 5. The molecule has 1 N–H and O–H groups in total. The highest BCUT2D eigenvalue weighted by Gasteiger charge is 2.32. The molecule has 138 valence electrons. The SMILES string of the molecule is CN(C)C/C=C/C(=O)N1CC[C@H](O)[C@@H](N(C)C2CCOCC2)CC1. The van der Waals surface area contributed by atoms with Gasteiger partial charge in [0.25, 0.3) is 0 Å². The Bertz CT molecular complexity index is 422. The molecule has 0 aliphatic carbocycles. The Morgan fingerprint density at radius 3 is 2.50 bits per heavy atom. The Kier molecular flexibility index (Phi) is 7.68. The summed E-state index contributed by atoms with van der Waals surface area (Å²) >= 11 is 0. The highest BCUT2D eigenvalue weighted by molar-refractivity contribution is 5.87. The van der Waals surface area contributed by atoms with Gasteiger partial charge in [0, 0.05) is 51.0 Å². The van der Waals surface area contributed by atoms with Gasteiger partial charge in [0.1, 0.15) is 0 Å². The summed E-state index contributed by atoms with van der Waals surface area (Å²) in [7, 11) is 6.07. The van der Waals surface area contributed by atoms with Crippen LogP contribution < -0.4 is 0 Å². The lowest BCUT2D eigenvalue weighted by Crippen LogP contribution is -2.48. The quantitative estimate of drug-likeness (QED) is 0.742. The van der Waals surface area contributed by atoms with Crippen molar-refractivity contribution >= 4 is 5.91 Å². The number of amides is 1. The molecule has 6 heteroatoms. The lowest BCUT2D eigenvalue weighted by atomic mass is 9.99. The first-order valence-electron chi connectivity index (χ1n) is 9.07. The number of likely N-dealkylation sites (N-methyl/N-ethyl adjacent to an activating group) is 2. The number of nitrogens with zero attached hydrogens (tertiary/aromatic N) is 3. The van der Waals surface area contributed by atoms with Crippen molar-refractivity contribution in [2.24, 2.45) is 0 Å². The summed E-state index contributed by atoms with van der Waals surface area (Å²) in [5, 5.41) is 10.6. The summed E-state index contributed by atoms with van der Waals surface area (Å²) in [4.78, 5) is 18.5. The van der Waals surface area contributed by atoms with E-state index in [0.717, 1.165) is 39.0 Å². The number of carbonyl (C=O) groups excluding carboxylic acids is 1. The highest BCUT2D eigenvalue weighted by Crippen LogP contribution is 2.22. The van der Waals surface area contributed by atoms with Gasteiger partial charge in [-0.3, -0.25) is 9.69 Å². The lowest BCUT2D eigenvalue weighted by molar-refractivity contribution is -0.126. The Morgan fingerprint density at radius 2 is 1.83 bits per heavy atom. The first-order chi connectivity index (χ1) is 11.5. The Morgan fingerprint density at radius 1 is 1.17 bits per heavy atom. The van der Waals surface area contributed by atoms with E-state index in [1.54, 1.807) is 6.08 Å². The van der Waals surface area contributed by atoms with E-state index in [4.69, 9.17) is 4.74 Å². The molecule has 2 heterocycles. The molecule has 6 nitrogen and oxygen atoms in total. The van der Waals surface area contributed by atoms with Gasteiger partial charge in [-0.1, -0.05) is 6.08 Å². The van der Waals surface area contributed by atoms with Crippen molar-refractivity contribution in [1.82, 2.24) is 14.7 Å². The molecule has 0 bridgehead atoms. The van der Waals surface area contributed by atoms with Crippen molar-refractivity contribution in [3.63, 3.8) is 0 Å².